The molecule has 1 unspecified atom stereocenters. The summed E-state index contributed by atoms with van der Waals surface area (Å²) >= 11 is 0. The number of carbonyl (C=O) groups excluding carboxylic acids is 2. The largest absolute Gasteiger partial charge is 0.481 e. The van der Waals surface area contributed by atoms with Crippen molar-refractivity contribution in [2.75, 3.05) is 11.9 Å². The van der Waals surface area contributed by atoms with Crippen LogP contribution in [0.1, 0.15) is 30.1 Å². The maximum absolute atomic E-state index is 11.8. The second-order valence-corrected chi connectivity index (χ2v) is 4.70. The molecule has 1 atom stereocenters. The molecule has 5 N–H and O–H groups in total. The van der Waals surface area contributed by atoms with Crippen LogP contribution in [0.2, 0.25) is 0 Å². The van der Waals surface area contributed by atoms with Gasteiger partial charge in [-0.25, -0.2) is 4.79 Å². The van der Waals surface area contributed by atoms with Gasteiger partial charge in [-0.05, 0) is 37.1 Å². The number of nitrogens with two attached hydrogens (primary N) is 1. The Balaban J connectivity index is 2.38. The summed E-state index contributed by atoms with van der Waals surface area (Å²) in [6.45, 7) is 2.05. The number of nitrogens with one attached hydrogen (secondary N) is 2. The number of benzene rings is 1. The minimum Gasteiger partial charge on any atom is -0.481 e. The fourth-order valence-electron chi connectivity index (χ4n) is 1.68. The molecule has 0 aromatic heterocycles. The first kappa shape index (κ1) is 16.5. The molecule has 1 aromatic carbocycles. The Morgan fingerprint density at radius 2 is 1.86 bits per heavy atom. The first-order valence-electron chi connectivity index (χ1n) is 6.57. The van der Waals surface area contributed by atoms with E-state index in [2.05, 4.69) is 10.6 Å². The van der Waals surface area contributed by atoms with Gasteiger partial charge in [0.15, 0.2) is 0 Å². The van der Waals surface area contributed by atoms with Crippen molar-refractivity contribution in [3.05, 3.63) is 29.8 Å². The highest BCUT2D eigenvalue weighted by atomic mass is 16.4. The van der Waals surface area contributed by atoms with E-state index in [9.17, 15) is 14.4 Å². The Morgan fingerprint density at radius 1 is 1.24 bits per heavy atom. The second-order valence-electron chi connectivity index (χ2n) is 4.70. The summed E-state index contributed by atoms with van der Waals surface area (Å²) in [5, 5.41) is 13.8. The molecule has 114 valence electrons. The molecule has 0 saturated heterocycles. The van der Waals surface area contributed by atoms with Crippen LogP contribution in [0, 0.1) is 5.92 Å². The van der Waals surface area contributed by atoms with Crippen LogP contribution < -0.4 is 16.4 Å². The van der Waals surface area contributed by atoms with Crippen molar-refractivity contribution in [3.8, 4) is 0 Å². The van der Waals surface area contributed by atoms with E-state index in [1.165, 1.54) is 0 Å². The van der Waals surface area contributed by atoms with Crippen molar-refractivity contribution >= 4 is 23.6 Å². The Labute approximate surface area is 122 Å². The Morgan fingerprint density at radius 3 is 2.38 bits per heavy atom. The summed E-state index contributed by atoms with van der Waals surface area (Å²) < 4.78 is 0. The van der Waals surface area contributed by atoms with Gasteiger partial charge in [-0.2, -0.15) is 0 Å². The highest BCUT2D eigenvalue weighted by Gasteiger charge is 2.10. The third kappa shape index (κ3) is 5.94. The van der Waals surface area contributed by atoms with Crippen LogP contribution >= 0.6 is 0 Å². The number of hydrogen-bond donors (Lipinski definition) is 4. The molecule has 0 spiro atoms. The first-order valence-corrected chi connectivity index (χ1v) is 6.57. The number of hydrogen-bond acceptors (Lipinski definition) is 3. The number of carboxylic acid groups (broad SMARTS) is 1. The van der Waals surface area contributed by atoms with E-state index in [0.717, 1.165) is 0 Å². The van der Waals surface area contributed by atoms with Crippen molar-refractivity contribution in [2.45, 2.75) is 19.8 Å². The molecular weight excluding hydrogens is 274 g/mol. The number of anilines is 1. The molecule has 7 nitrogen and oxygen atoms in total. The molecule has 1 rings (SSSR count). The number of amides is 3. The lowest BCUT2D eigenvalue weighted by Crippen LogP contribution is -2.25. The molecule has 0 heterocycles. The third-order valence-electron chi connectivity index (χ3n) is 2.94. The fourth-order valence-corrected chi connectivity index (χ4v) is 1.68. The van der Waals surface area contributed by atoms with E-state index >= 15 is 0 Å². The highest BCUT2D eigenvalue weighted by Crippen LogP contribution is 2.09. The molecule has 0 aliphatic heterocycles. The quantitative estimate of drug-likeness (QED) is 0.568. The minimum absolute atomic E-state index is 0.247. The normalized spacial score (nSPS) is 11.5. The zero-order valence-corrected chi connectivity index (χ0v) is 11.8. The summed E-state index contributed by atoms with van der Waals surface area (Å²) in [5.41, 5.74) is 5.94. The van der Waals surface area contributed by atoms with Gasteiger partial charge in [-0.1, -0.05) is 6.92 Å². The van der Waals surface area contributed by atoms with E-state index in [4.69, 9.17) is 10.8 Å². The summed E-state index contributed by atoms with van der Waals surface area (Å²) in [7, 11) is 0. The van der Waals surface area contributed by atoms with Gasteiger partial charge < -0.3 is 21.5 Å². The molecule has 0 bridgehead atoms. The average Bonchev–Trinajstić information content (AvgIpc) is 2.43. The van der Waals surface area contributed by atoms with Crippen molar-refractivity contribution in [1.82, 2.24) is 5.32 Å². The van der Waals surface area contributed by atoms with Gasteiger partial charge in [0, 0.05) is 17.8 Å². The van der Waals surface area contributed by atoms with Crippen LogP contribution in [-0.4, -0.2) is 29.6 Å². The zero-order valence-electron chi connectivity index (χ0n) is 11.8. The molecular formula is C14H19N3O4. The zero-order chi connectivity index (χ0) is 15.8. The molecule has 3 amide bonds. The lowest BCUT2D eigenvalue weighted by Gasteiger charge is -2.08. The van der Waals surface area contributed by atoms with Gasteiger partial charge in [0.1, 0.15) is 0 Å². The molecule has 7 heteroatoms. The van der Waals surface area contributed by atoms with Gasteiger partial charge in [-0.15, -0.1) is 0 Å². The number of aliphatic carboxylic acids is 1. The smallest absolute Gasteiger partial charge is 0.316 e. The van der Waals surface area contributed by atoms with E-state index in [1.807, 2.05) is 0 Å². The van der Waals surface area contributed by atoms with Crippen molar-refractivity contribution in [3.63, 3.8) is 0 Å². The van der Waals surface area contributed by atoms with Gasteiger partial charge in [0.05, 0.1) is 5.92 Å². The van der Waals surface area contributed by atoms with Crippen LogP contribution in [-0.2, 0) is 4.79 Å². The molecule has 0 saturated carbocycles. The molecule has 21 heavy (non-hydrogen) atoms. The van der Waals surface area contributed by atoms with Crippen LogP contribution in [0.4, 0.5) is 10.5 Å². The van der Waals surface area contributed by atoms with E-state index in [-0.39, 0.29) is 5.91 Å². The monoisotopic (exact) mass is 293 g/mol. The lowest BCUT2D eigenvalue weighted by molar-refractivity contribution is -0.141. The van der Waals surface area contributed by atoms with E-state index in [0.29, 0.717) is 30.6 Å². The lowest BCUT2D eigenvalue weighted by atomic mass is 10.1. The maximum atomic E-state index is 11.8. The Bertz CT molecular complexity index is 513. The van der Waals surface area contributed by atoms with E-state index < -0.39 is 17.9 Å². The standard InChI is InChI=1S/C14H19N3O4/c1-9(13(19)20)3-2-8-16-12(18)10-4-6-11(7-5-10)17-14(15)21/h4-7,9H,2-3,8H2,1H3,(H,16,18)(H,19,20)(H3,15,17,21). The predicted octanol–water partition coefficient (Wildman–Crippen LogP) is 1.41. The predicted molar refractivity (Wildman–Crippen MR) is 78.0 cm³/mol. The summed E-state index contributed by atoms with van der Waals surface area (Å²) in [6, 6.07) is 5.62. The van der Waals surface area contributed by atoms with Crippen LogP contribution in [0.25, 0.3) is 0 Å². The molecule has 0 aliphatic carbocycles. The van der Waals surface area contributed by atoms with Crippen LogP contribution in [0.15, 0.2) is 24.3 Å². The fraction of sp³-hybridized carbons (Fsp3) is 0.357. The topological polar surface area (TPSA) is 122 Å². The SMILES string of the molecule is CC(CCCNC(=O)c1ccc(NC(N)=O)cc1)C(=O)O. The number of carbonyl (C=O) groups is 3. The van der Waals surface area contributed by atoms with Crippen LogP contribution in [0.3, 0.4) is 0 Å². The van der Waals surface area contributed by atoms with Crippen molar-refractivity contribution in [2.24, 2.45) is 11.7 Å². The average molecular weight is 293 g/mol. The number of carboxylic acids is 1. The summed E-state index contributed by atoms with van der Waals surface area (Å²) in [5.74, 6) is -1.50. The van der Waals surface area contributed by atoms with Gasteiger partial charge in [0.25, 0.3) is 5.91 Å². The third-order valence-corrected chi connectivity index (χ3v) is 2.94. The van der Waals surface area contributed by atoms with Crippen molar-refractivity contribution in [1.29, 1.82) is 0 Å². The highest BCUT2D eigenvalue weighted by molar-refractivity contribution is 5.95. The van der Waals surface area contributed by atoms with Crippen LogP contribution in [0.5, 0.6) is 0 Å². The molecule has 0 aliphatic rings. The summed E-state index contributed by atoms with van der Waals surface area (Å²) in [6.07, 6.45) is 1.11. The molecule has 1 aromatic rings. The molecule has 0 fully saturated rings. The first-order chi connectivity index (χ1) is 9.90. The Hall–Kier alpha value is -2.57. The van der Waals surface area contributed by atoms with Crippen molar-refractivity contribution < 1.29 is 19.5 Å². The minimum atomic E-state index is -0.834. The van der Waals surface area contributed by atoms with Gasteiger partial charge in [-0.3, -0.25) is 9.59 Å². The maximum Gasteiger partial charge on any atom is 0.316 e. The Kier molecular flexibility index (Phi) is 6.19. The summed E-state index contributed by atoms with van der Waals surface area (Å²) in [4.78, 5) is 33.1. The second kappa shape index (κ2) is 7.88. The van der Waals surface area contributed by atoms with Gasteiger partial charge in [0.2, 0.25) is 0 Å². The number of primary amides is 1. The number of urea groups is 1. The van der Waals surface area contributed by atoms with Gasteiger partial charge >= 0.3 is 12.0 Å². The number of rotatable bonds is 7. The van der Waals surface area contributed by atoms with E-state index in [1.54, 1.807) is 31.2 Å². The molecule has 0 radical (unpaired) electrons.